The Balaban J connectivity index is 2.46. The predicted octanol–water partition coefficient (Wildman–Crippen LogP) is 3.36. The van der Waals surface area contributed by atoms with Gasteiger partial charge in [-0.2, -0.15) is 0 Å². The highest BCUT2D eigenvalue weighted by Crippen LogP contribution is 2.25. The fourth-order valence-electron chi connectivity index (χ4n) is 2.61. The highest BCUT2D eigenvalue weighted by molar-refractivity contribution is 5.56. The van der Waals surface area contributed by atoms with Crippen LogP contribution >= 0.6 is 0 Å². The number of nitrogens with one attached hydrogen (secondary N) is 1. The number of hydrogen-bond acceptors (Lipinski definition) is 3. The molecule has 0 aliphatic carbocycles. The van der Waals surface area contributed by atoms with E-state index in [-0.39, 0.29) is 5.92 Å². The van der Waals surface area contributed by atoms with Crippen molar-refractivity contribution in [1.29, 1.82) is 0 Å². The van der Waals surface area contributed by atoms with Crippen LogP contribution in [0.25, 0.3) is 11.4 Å². The molecule has 1 aromatic heterocycles. The normalized spacial score (nSPS) is 12.5. The molecule has 0 fully saturated rings. The number of aryl methyl sites for hydroxylation is 2. The van der Waals surface area contributed by atoms with Gasteiger partial charge in [-0.3, -0.25) is 0 Å². The molecule has 0 radical (unpaired) electrons. The summed E-state index contributed by atoms with van der Waals surface area (Å²) in [7, 11) is 1.90. The molecule has 0 bridgehead atoms. The van der Waals surface area contributed by atoms with E-state index in [1.807, 2.05) is 20.9 Å². The van der Waals surface area contributed by atoms with Gasteiger partial charge in [0, 0.05) is 23.5 Å². The topological polar surface area (TPSA) is 37.8 Å². The van der Waals surface area contributed by atoms with Crippen molar-refractivity contribution < 1.29 is 8.78 Å². The van der Waals surface area contributed by atoms with Gasteiger partial charge in [0.15, 0.2) is 17.5 Å². The van der Waals surface area contributed by atoms with Crippen LogP contribution in [0.2, 0.25) is 0 Å². The SMILES string of the molecule is CNCC(C)c1c(C)nc(-c2ccc(F)c(F)c2)nc1C. The molecule has 0 saturated heterocycles. The summed E-state index contributed by atoms with van der Waals surface area (Å²) in [4.78, 5) is 8.90. The lowest BCUT2D eigenvalue weighted by Crippen LogP contribution is -2.17. The van der Waals surface area contributed by atoms with Gasteiger partial charge in [-0.25, -0.2) is 18.7 Å². The predicted molar refractivity (Wildman–Crippen MR) is 79.2 cm³/mol. The summed E-state index contributed by atoms with van der Waals surface area (Å²) in [5, 5.41) is 3.13. The van der Waals surface area contributed by atoms with Gasteiger partial charge in [-0.05, 0) is 50.6 Å². The number of nitrogens with zero attached hydrogens (tertiary/aromatic N) is 2. The molecule has 1 unspecified atom stereocenters. The molecule has 112 valence electrons. The lowest BCUT2D eigenvalue weighted by Gasteiger charge is -2.17. The molecule has 5 heteroatoms. The second-order valence-electron chi connectivity index (χ2n) is 5.22. The van der Waals surface area contributed by atoms with Crippen LogP contribution in [0.1, 0.15) is 29.8 Å². The molecule has 1 atom stereocenters. The van der Waals surface area contributed by atoms with Crippen LogP contribution in [-0.4, -0.2) is 23.6 Å². The Morgan fingerprint density at radius 3 is 2.24 bits per heavy atom. The first-order chi connectivity index (χ1) is 9.93. The second-order valence-corrected chi connectivity index (χ2v) is 5.22. The van der Waals surface area contributed by atoms with Crippen LogP contribution in [0.4, 0.5) is 8.78 Å². The summed E-state index contributed by atoms with van der Waals surface area (Å²) >= 11 is 0. The first-order valence-electron chi connectivity index (χ1n) is 6.89. The molecule has 0 aliphatic rings. The first-order valence-corrected chi connectivity index (χ1v) is 6.89. The molecule has 1 heterocycles. The Morgan fingerprint density at radius 2 is 1.71 bits per heavy atom. The summed E-state index contributed by atoms with van der Waals surface area (Å²) in [6.07, 6.45) is 0. The average molecular weight is 291 g/mol. The minimum absolute atomic E-state index is 0.286. The molecule has 3 nitrogen and oxygen atoms in total. The third kappa shape index (κ3) is 3.24. The third-order valence-electron chi connectivity index (χ3n) is 3.51. The van der Waals surface area contributed by atoms with Crippen LogP contribution in [0.3, 0.4) is 0 Å². The van der Waals surface area contributed by atoms with Gasteiger partial charge < -0.3 is 5.32 Å². The van der Waals surface area contributed by atoms with Gasteiger partial charge in [0.1, 0.15) is 0 Å². The van der Waals surface area contributed by atoms with E-state index >= 15 is 0 Å². The molecule has 21 heavy (non-hydrogen) atoms. The minimum Gasteiger partial charge on any atom is -0.319 e. The third-order valence-corrected chi connectivity index (χ3v) is 3.51. The van der Waals surface area contributed by atoms with Gasteiger partial charge in [0.05, 0.1) is 0 Å². The fourth-order valence-corrected chi connectivity index (χ4v) is 2.61. The van der Waals surface area contributed by atoms with E-state index in [4.69, 9.17) is 0 Å². The number of aromatic nitrogens is 2. The highest BCUT2D eigenvalue weighted by atomic mass is 19.2. The Labute approximate surface area is 123 Å². The summed E-state index contributed by atoms with van der Waals surface area (Å²) < 4.78 is 26.3. The molecule has 0 spiro atoms. The smallest absolute Gasteiger partial charge is 0.159 e. The maximum absolute atomic E-state index is 13.3. The number of halogens is 2. The molecule has 0 saturated carbocycles. The van der Waals surface area contributed by atoms with Crippen molar-refractivity contribution in [2.24, 2.45) is 0 Å². The Kier molecular flexibility index (Phi) is 4.63. The van der Waals surface area contributed by atoms with E-state index in [0.29, 0.717) is 11.4 Å². The summed E-state index contributed by atoms with van der Waals surface area (Å²) in [5.74, 6) is -1.05. The molecule has 2 aromatic rings. The van der Waals surface area contributed by atoms with Crippen molar-refractivity contribution in [2.45, 2.75) is 26.7 Å². The molecular weight excluding hydrogens is 272 g/mol. The number of benzene rings is 1. The molecule has 0 amide bonds. The Morgan fingerprint density at radius 1 is 1.10 bits per heavy atom. The van der Waals surface area contributed by atoms with Crippen molar-refractivity contribution in [2.75, 3.05) is 13.6 Å². The lowest BCUT2D eigenvalue weighted by molar-refractivity contribution is 0.509. The summed E-state index contributed by atoms with van der Waals surface area (Å²) in [6, 6.07) is 3.71. The lowest BCUT2D eigenvalue weighted by atomic mass is 9.98. The Bertz CT molecular complexity index is 633. The highest BCUT2D eigenvalue weighted by Gasteiger charge is 2.16. The Hall–Kier alpha value is -1.88. The zero-order chi connectivity index (χ0) is 15.6. The first kappa shape index (κ1) is 15.5. The van der Waals surface area contributed by atoms with Crippen molar-refractivity contribution in [3.63, 3.8) is 0 Å². The summed E-state index contributed by atoms with van der Waals surface area (Å²) in [6.45, 7) is 6.76. The van der Waals surface area contributed by atoms with Crippen molar-refractivity contribution >= 4 is 0 Å². The zero-order valence-electron chi connectivity index (χ0n) is 12.7. The monoisotopic (exact) mass is 291 g/mol. The zero-order valence-corrected chi connectivity index (χ0v) is 12.7. The van der Waals surface area contributed by atoms with Gasteiger partial charge >= 0.3 is 0 Å². The van der Waals surface area contributed by atoms with E-state index in [9.17, 15) is 8.78 Å². The van der Waals surface area contributed by atoms with Crippen LogP contribution in [0.5, 0.6) is 0 Å². The van der Waals surface area contributed by atoms with Crippen molar-refractivity contribution in [3.05, 3.63) is 46.8 Å². The second kappa shape index (κ2) is 6.26. The number of rotatable bonds is 4. The van der Waals surface area contributed by atoms with Crippen molar-refractivity contribution in [3.8, 4) is 11.4 Å². The molecule has 1 aromatic carbocycles. The van der Waals surface area contributed by atoms with Crippen LogP contribution < -0.4 is 5.32 Å². The maximum atomic E-state index is 13.3. The van der Waals surface area contributed by atoms with Crippen LogP contribution in [-0.2, 0) is 0 Å². The average Bonchev–Trinajstić information content (AvgIpc) is 2.41. The largest absolute Gasteiger partial charge is 0.319 e. The molecule has 1 N–H and O–H groups in total. The number of hydrogen-bond donors (Lipinski definition) is 1. The molecular formula is C16H19F2N3. The van der Waals surface area contributed by atoms with E-state index in [1.54, 1.807) is 0 Å². The van der Waals surface area contributed by atoms with E-state index in [1.165, 1.54) is 6.07 Å². The van der Waals surface area contributed by atoms with Crippen LogP contribution in [0.15, 0.2) is 18.2 Å². The number of likely N-dealkylation sites (N-methyl/N-ethyl adjacent to an activating group) is 1. The standard InChI is InChI=1S/C16H19F2N3/c1-9(8-19-4)15-10(2)20-16(21-11(15)3)12-5-6-13(17)14(18)7-12/h5-7,9,19H,8H2,1-4H3. The van der Waals surface area contributed by atoms with Gasteiger partial charge in [0.25, 0.3) is 0 Å². The fraction of sp³-hybridized carbons (Fsp3) is 0.375. The quantitative estimate of drug-likeness (QED) is 0.938. The van der Waals surface area contributed by atoms with Crippen LogP contribution in [0, 0.1) is 25.5 Å². The van der Waals surface area contributed by atoms with E-state index in [0.717, 1.165) is 35.6 Å². The van der Waals surface area contributed by atoms with Gasteiger partial charge in [-0.1, -0.05) is 6.92 Å². The molecule has 2 rings (SSSR count). The van der Waals surface area contributed by atoms with Gasteiger partial charge in [0.2, 0.25) is 0 Å². The van der Waals surface area contributed by atoms with E-state index < -0.39 is 11.6 Å². The minimum atomic E-state index is -0.890. The summed E-state index contributed by atoms with van der Waals surface area (Å²) in [5.41, 5.74) is 3.30. The van der Waals surface area contributed by atoms with Crippen molar-refractivity contribution in [1.82, 2.24) is 15.3 Å². The van der Waals surface area contributed by atoms with Gasteiger partial charge in [-0.15, -0.1) is 0 Å². The maximum Gasteiger partial charge on any atom is 0.159 e. The van der Waals surface area contributed by atoms with E-state index in [2.05, 4.69) is 22.2 Å². The molecule has 0 aliphatic heterocycles.